The first-order valence-corrected chi connectivity index (χ1v) is 11.0. The zero-order valence-corrected chi connectivity index (χ0v) is 17.1. The van der Waals surface area contributed by atoms with Crippen LogP contribution in [0.15, 0.2) is 36.4 Å². The second kappa shape index (κ2) is 7.35. The van der Waals surface area contributed by atoms with Gasteiger partial charge in [-0.05, 0) is 60.6 Å². The fourth-order valence-electron chi connectivity index (χ4n) is 3.58. The fourth-order valence-corrected chi connectivity index (χ4v) is 4.57. The van der Waals surface area contributed by atoms with E-state index in [-0.39, 0.29) is 5.91 Å². The molecule has 1 aliphatic heterocycles. The number of sulfonamides is 1. The smallest absolute Gasteiger partial charge is 0.255 e. The highest BCUT2D eigenvalue weighted by molar-refractivity contribution is 7.92. The molecule has 1 N–H and O–H groups in total. The average molecular weight is 387 g/mol. The first-order chi connectivity index (χ1) is 12.7. The Bertz CT molecular complexity index is 981. The zero-order chi connectivity index (χ0) is 19.8. The summed E-state index contributed by atoms with van der Waals surface area (Å²) >= 11 is 0. The number of amides is 1. The van der Waals surface area contributed by atoms with Crippen molar-refractivity contribution >= 4 is 27.3 Å². The molecule has 0 fully saturated rings. The van der Waals surface area contributed by atoms with Crippen LogP contribution in [0.5, 0.6) is 0 Å². The number of benzene rings is 2. The van der Waals surface area contributed by atoms with Crippen LogP contribution in [0.3, 0.4) is 0 Å². The molecular weight excluding hydrogens is 360 g/mol. The molecule has 0 saturated heterocycles. The van der Waals surface area contributed by atoms with Crippen LogP contribution in [0.4, 0.5) is 11.4 Å². The predicted octanol–water partition coefficient (Wildman–Crippen LogP) is 4.08. The monoisotopic (exact) mass is 386 g/mol. The van der Waals surface area contributed by atoms with Gasteiger partial charge in [-0.25, -0.2) is 8.42 Å². The number of fused-ring (bicyclic) bond motifs is 1. The van der Waals surface area contributed by atoms with Crippen molar-refractivity contribution in [3.8, 4) is 0 Å². The minimum absolute atomic E-state index is 0.175. The van der Waals surface area contributed by atoms with E-state index in [9.17, 15) is 13.2 Å². The van der Waals surface area contributed by atoms with Crippen LogP contribution >= 0.6 is 0 Å². The Hall–Kier alpha value is -2.34. The van der Waals surface area contributed by atoms with Crippen LogP contribution in [0.25, 0.3) is 0 Å². The molecular formula is C21H26N2O3S. The second-order valence-corrected chi connectivity index (χ2v) is 9.34. The third-order valence-corrected chi connectivity index (χ3v) is 6.16. The lowest BCUT2D eigenvalue weighted by Crippen LogP contribution is -2.34. The van der Waals surface area contributed by atoms with Gasteiger partial charge in [-0.1, -0.05) is 32.0 Å². The fraction of sp³-hybridized carbons (Fsp3) is 0.381. The molecule has 0 aliphatic carbocycles. The van der Waals surface area contributed by atoms with Crippen LogP contribution in [0, 0.1) is 6.92 Å². The summed E-state index contributed by atoms with van der Waals surface area (Å²) in [6.45, 7) is 6.67. The molecule has 1 aliphatic rings. The molecule has 2 aromatic carbocycles. The summed E-state index contributed by atoms with van der Waals surface area (Å²) in [7, 11) is -3.31. The summed E-state index contributed by atoms with van der Waals surface area (Å²) in [6, 6.07) is 11.3. The number of nitrogens with one attached hydrogen (secondary N) is 1. The molecule has 1 heterocycles. The lowest BCUT2D eigenvalue weighted by Gasteiger charge is -2.29. The van der Waals surface area contributed by atoms with Gasteiger partial charge in [-0.3, -0.25) is 9.10 Å². The second-order valence-electron chi connectivity index (χ2n) is 7.43. The molecule has 2 aromatic rings. The maximum absolute atomic E-state index is 12.9. The van der Waals surface area contributed by atoms with Gasteiger partial charge in [0.25, 0.3) is 5.91 Å². The van der Waals surface area contributed by atoms with Gasteiger partial charge in [0.05, 0.1) is 11.9 Å². The van der Waals surface area contributed by atoms with Crippen molar-refractivity contribution in [2.24, 2.45) is 0 Å². The maximum Gasteiger partial charge on any atom is 0.255 e. The van der Waals surface area contributed by atoms with Gasteiger partial charge in [0.2, 0.25) is 10.0 Å². The molecule has 0 saturated carbocycles. The van der Waals surface area contributed by atoms with E-state index in [4.69, 9.17) is 0 Å². The lowest BCUT2D eigenvalue weighted by molar-refractivity contribution is 0.102. The normalized spacial score (nSPS) is 14.2. The van der Waals surface area contributed by atoms with E-state index in [2.05, 4.69) is 19.2 Å². The highest BCUT2D eigenvalue weighted by Crippen LogP contribution is 2.31. The van der Waals surface area contributed by atoms with Crippen molar-refractivity contribution in [2.45, 2.75) is 39.5 Å². The van der Waals surface area contributed by atoms with E-state index >= 15 is 0 Å². The quantitative estimate of drug-likeness (QED) is 0.861. The van der Waals surface area contributed by atoms with E-state index in [1.54, 1.807) is 12.1 Å². The van der Waals surface area contributed by atoms with E-state index < -0.39 is 10.0 Å². The van der Waals surface area contributed by atoms with Gasteiger partial charge in [-0.15, -0.1) is 0 Å². The van der Waals surface area contributed by atoms with Crippen molar-refractivity contribution in [3.63, 3.8) is 0 Å². The molecule has 0 atom stereocenters. The largest absolute Gasteiger partial charge is 0.321 e. The first-order valence-electron chi connectivity index (χ1n) is 9.20. The Morgan fingerprint density at radius 1 is 1.19 bits per heavy atom. The average Bonchev–Trinajstić information content (AvgIpc) is 2.61. The number of para-hydroxylation sites is 1. The van der Waals surface area contributed by atoms with Crippen molar-refractivity contribution < 1.29 is 13.2 Å². The maximum atomic E-state index is 12.9. The summed E-state index contributed by atoms with van der Waals surface area (Å²) in [5.74, 6) is 0.123. The van der Waals surface area contributed by atoms with Crippen molar-refractivity contribution in [1.29, 1.82) is 0 Å². The number of nitrogens with zero attached hydrogens (tertiary/aromatic N) is 1. The molecule has 1 amide bonds. The van der Waals surface area contributed by atoms with Crippen LogP contribution in [-0.2, 0) is 16.4 Å². The van der Waals surface area contributed by atoms with Gasteiger partial charge in [0, 0.05) is 17.8 Å². The van der Waals surface area contributed by atoms with Gasteiger partial charge in [-0.2, -0.15) is 0 Å². The summed E-state index contributed by atoms with van der Waals surface area (Å²) in [5, 5.41) is 3.05. The molecule has 27 heavy (non-hydrogen) atoms. The highest BCUT2D eigenvalue weighted by atomic mass is 32.2. The summed E-state index contributed by atoms with van der Waals surface area (Å²) in [4.78, 5) is 12.9. The van der Waals surface area contributed by atoms with Crippen LogP contribution < -0.4 is 9.62 Å². The summed E-state index contributed by atoms with van der Waals surface area (Å²) < 4.78 is 25.4. The first kappa shape index (κ1) is 19.4. The van der Waals surface area contributed by atoms with E-state index in [0.717, 1.165) is 35.2 Å². The minimum atomic E-state index is -3.31. The molecule has 0 spiro atoms. The van der Waals surface area contributed by atoms with Crippen molar-refractivity contribution in [3.05, 3.63) is 58.7 Å². The minimum Gasteiger partial charge on any atom is -0.321 e. The van der Waals surface area contributed by atoms with E-state index in [1.165, 1.54) is 10.6 Å². The zero-order valence-electron chi connectivity index (χ0n) is 16.2. The van der Waals surface area contributed by atoms with Crippen molar-refractivity contribution in [2.75, 3.05) is 22.4 Å². The Morgan fingerprint density at radius 2 is 1.93 bits per heavy atom. The molecule has 144 valence electrons. The van der Waals surface area contributed by atoms with E-state index in [1.807, 2.05) is 31.2 Å². The number of aryl methyl sites for hydroxylation is 2. The molecule has 0 bridgehead atoms. The summed E-state index contributed by atoms with van der Waals surface area (Å²) in [6.07, 6.45) is 2.73. The highest BCUT2D eigenvalue weighted by Gasteiger charge is 2.25. The molecule has 0 unspecified atom stereocenters. The number of hydrogen-bond donors (Lipinski definition) is 1. The third kappa shape index (κ3) is 4.00. The number of anilines is 2. The third-order valence-electron chi connectivity index (χ3n) is 4.98. The Kier molecular flexibility index (Phi) is 5.29. The summed E-state index contributed by atoms with van der Waals surface area (Å²) in [5.41, 5.74) is 5.10. The number of carbonyl (C=O) groups excluding carboxylic acids is 1. The van der Waals surface area contributed by atoms with Gasteiger partial charge >= 0.3 is 0 Å². The SMILES string of the molecule is Cc1cccc(C(C)C)c1NC(=O)c1ccc2c(c1)CCCN2S(C)(=O)=O. The van der Waals surface area contributed by atoms with Gasteiger partial charge in [0.15, 0.2) is 0 Å². The van der Waals surface area contributed by atoms with Crippen LogP contribution in [-0.4, -0.2) is 27.1 Å². The van der Waals surface area contributed by atoms with Gasteiger partial charge in [0.1, 0.15) is 0 Å². The number of carbonyl (C=O) groups is 1. The molecule has 0 radical (unpaired) electrons. The number of rotatable bonds is 4. The molecule has 5 nitrogen and oxygen atoms in total. The number of hydrogen-bond acceptors (Lipinski definition) is 3. The van der Waals surface area contributed by atoms with Crippen molar-refractivity contribution in [1.82, 2.24) is 0 Å². The van der Waals surface area contributed by atoms with Gasteiger partial charge < -0.3 is 5.32 Å². The Labute approximate surface area is 161 Å². The van der Waals surface area contributed by atoms with Crippen LogP contribution in [0.1, 0.15) is 53.2 Å². The van der Waals surface area contributed by atoms with Crippen LogP contribution in [0.2, 0.25) is 0 Å². The Balaban J connectivity index is 1.92. The molecule has 0 aromatic heterocycles. The molecule has 3 rings (SSSR count). The lowest BCUT2D eigenvalue weighted by atomic mass is 9.97. The standard InChI is InChI=1S/C21H26N2O3S/c1-14(2)18-9-5-7-15(3)20(18)22-21(24)17-10-11-19-16(13-17)8-6-12-23(19)27(4,25)26/h5,7,9-11,13-14H,6,8,12H2,1-4H3,(H,22,24). The molecule has 6 heteroatoms. The van der Waals surface area contributed by atoms with E-state index in [0.29, 0.717) is 23.7 Å². The predicted molar refractivity (Wildman–Crippen MR) is 110 cm³/mol. The topological polar surface area (TPSA) is 66.5 Å². The Morgan fingerprint density at radius 3 is 2.59 bits per heavy atom.